The first-order valence-electron chi connectivity index (χ1n) is 14.5. The molecule has 0 heterocycles. The SMILES string of the molecule is C=C(C(C)Cc1ccc(I)cc1)[C@H]1CC[C@@]2(C=N)[C@@H]3CC[C@@H]4C[C@](C)(C[I-]C)CC[C@@H]4[C@H]3CC[C@]12C. The van der Waals surface area contributed by atoms with Gasteiger partial charge in [0.15, 0.2) is 0 Å². The number of halogens is 2. The molecule has 1 N–H and O–H groups in total. The topological polar surface area (TPSA) is 23.9 Å². The third-order valence-electron chi connectivity index (χ3n) is 11.9. The molecule has 4 aliphatic carbocycles. The van der Waals surface area contributed by atoms with Gasteiger partial charge in [0.25, 0.3) is 0 Å². The second kappa shape index (κ2) is 10.6. The van der Waals surface area contributed by atoms with Crippen LogP contribution in [0.25, 0.3) is 0 Å². The molecule has 5 rings (SSSR count). The van der Waals surface area contributed by atoms with Gasteiger partial charge in [-0.15, -0.1) is 0 Å². The van der Waals surface area contributed by atoms with E-state index in [1.807, 2.05) is 6.21 Å². The van der Waals surface area contributed by atoms with Crippen LogP contribution in [0.1, 0.15) is 84.1 Å². The molecule has 0 amide bonds. The maximum absolute atomic E-state index is 8.90. The Morgan fingerprint density at radius 2 is 1.81 bits per heavy atom. The van der Waals surface area contributed by atoms with E-state index >= 15 is 0 Å². The minimum atomic E-state index is 0.104. The summed E-state index contributed by atoms with van der Waals surface area (Å²) in [4.78, 5) is 2.48. The molecule has 0 radical (unpaired) electrons. The first kappa shape index (κ1) is 27.6. The summed E-state index contributed by atoms with van der Waals surface area (Å²) in [5, 5.41) is 8.90. The van der Waals surface area contributed by atoms with Crippen LogP contribution >= 0.6 is 22.6 Å². The molecule has 1 nitrogen and oxygen atoms in total. The van der Waals surface area contributed by atoms with Gasteiger partial charge in [0.05, 0.1) is 0 Å². The zero-order chi connectivity index (χ0) is 25.7. The molecule has 3 heteroatoms. The number of benzene rings is 1. The Labute approximate surface area is 245 Å². The molecule has 1 aromatic carbocycles. The van der Waals surface area contributed by atoms with Gasteiger partial charge in [-0.25, -0.2) is 0 Å². The van der Waals surface area contributed by atoms with E-state index in [9.17, 15) is 0 Å². The van der Waals surface area contributed by atoms with E-state index in [4.69, 9.17) is 12.0 Å². The molecule has 1 aromatic rings. The molecule has 4 saturated carbocycles. The van der Waals surface area contributed by atoms with Gasteiger partial charge in [-0.2, -0.15) is 0 Å². The van der Waals surface area contributed by atoms with Crippen LogP contribution in [-0.4, -0.2) is 15.6 Å². The molecule has 0 spiro atoms. The van der Waals surface area contributed by atoms with Crippen molar-refractivity contribution in [1.29, 1.82) is 5.41 Å². The Hall–Kier alpha value is 0.0900. The van der Waals surface area contributed by atoms with Crippen molar-refractivity contribution in [2.75, 3.05) is 9.36 Å². The van der Waals surface area contributed by atoms with Crippen molar-refractivity contribution in [3.05, 3.63) is 45.6 Å². The van der Waals surface area contributed by atoms with E-state index in [1.165, 1.54) is 76.9 Å². The molecular formula is C33H48I2N-. The van der Waals surface area contributed by atoms with Crippen LogP contribution in [0.15, 0.2) is 36.4 Å². The number of hydrogen-bond acceptors (Lipinski definition) is 1. The van der Waals surface area contributed by atoms with Gasteiger partial charge in [-0.1, -0.05) is 19.1 Å². The zero-order valence-electron chi connectivity index (χ0n) is 23.1. The Morgan fingerprint density at radius 3 is 2.50 bits per heavy atom. The normalized spacial score (nSPS) is 42.8. The predicted molar refractivity (Wildman–Crippen MR) is 158 cm³/mol. The molecule has 4 fully saturated rings. The van der Waals surface area contributed by atoms with Crippen molar-refractivity contribution in [3.8, 4) is 0 Å². The second-order valence-corrected chi connectivity index (χ2v) is 17.3. The Kier molecular flexibility index (Phi) is 8.12. The van der Waals surface area contributed by atoms with E-state index in [0.717, 1.165) is 30.1 Å². The summed E-state index contributed by atoms with van der Waals surface area (Å²) in [6, 6.07) is 9.06. The van der Waals surface area contributed by atoms with Gasteiger partial charge in [0.1, 0.15) is 0 Å². The van der Waals surface area contributed by atoms with Gasteiger partial charge in [-0.3, -0.25) is 0 Å². The molecule has 4 aliphatic rings. The minimum absolute atomic E-state index is 0.104. The van der Waals surface area contributed by atoms with E-state index in [2.05, 4.69) is 72.6 Å². The number of nitrogens with one attached hydrogen (secondary N) is 1. The van der Waals surface area contributed by atoms with Crippen LogP contribution in [0.5, 0.6) is 0 Å². The van der Waals surface area contributed by atoms with Crippen LogP contribution in [0.2, 0.25) is 0 Å². The number of hydrogen-bond donors (Lipinski definition) is 1. The molecule has 0 aliphatic heterocycles. The van der Waals surface area contributed by atoms with Crippen LogP contribution in [-0.2, 0) is 6.42 Å². The average molecular weight is 713 g/mol. The quantitative estimate of drug-likeness (QED) is 0.155. The summed E-state index contributed by atoms with van der Waals surface area (Å²) in [5.41, 5.74) is 3.87. The summed E-state index contributed by atoms with van der Waals surface area (Å²) in [6.45, 7) is 12.4. The van der Waals surface area contributed by atoms with Gasteiger partial charge >= 0.3 is 178 Å². The van der Waals surface area contributed by atoms with E-state index < -0.39 is 0 Å². The maximum atomic E-state index is 8.90. The second-order valence-electron chi connectivity index (χ2n) is 13.8. The van der Waals surface area contributed by atoms with Crippen LogP contribution in [0.4, 0.5) is 0 Å². The van der Waals surface area contributed by atoms with Gasteiger partial charge in [0, 0.05) is 3.57 Å². The number of allylic oxidation sites excluding steroid dienone is 1. The summed E-state index contributed by atoms with van der Waals surface area (Å²) >= 11 is 2.79. The predicted octanol–water partition coefficient (Wildman–Crippen LogP) is 6.04. The summed E-state index contributed by atoms with van der Waals surface area (Å²) < 4.78 is 2.83. The molecule has 9 atom stereocenters. The number of rotatable bonds is 7. The van der Waals surface area contributed by atoms with Crippen molar-refractivity contribution in [1.82, 2.24) is 0 Å². The summed E-state index contributed by atoms with van der Waals surface area (Å²) in [6.07, 6.45) is 15.5. The Morgan fingerprint density at radius 1 is 1.08 bits per heavy atom. The van der Waals surface area contributed by atoms with E-state index in [0.29, 0.717) is 38.5 Å². The molecule has 1 unspecified atom stereocenters. The Bertz CT molecular complexity index is 970. The fourth-order valence-electron chi connectivity index (χ4n) is 10.1. The van der Waals surface area contributed by atoms with Gasteiger partial charge in [0.2, 0.25) is 0 Å². The number of alkyl halides is 2. The third kappa shape index (κ3) is 4.60. The van der Waals surface area contributed by atoms with Crippen LogP contribution in [0.3, 0.4) is 0 Å². The first-order chi connectivity index (χ1) is 17.2. The number of fused-ring (bicyclic) bond motifs is 5. The molecule has 36 heavy (non-hydrogen) atoms. The van der Waals surface area contributed by atoms with Crippen molar-refractivity contribution in [3.63, 3.8) is 0 Å². The monoisotopic (exact) mass is 712 g/mol. The van der Waals surface area contributed by atoms with Crippen molar-refractivity contribution < 1.29 is 21.2 Å². The standard InChI is InChI=1S/C33H48I2N/c1-22(18-24-6-9-26(34)10-7-24)23(2)29-14-17-33(21-36)30-11-8-25-19-31(3,20-35-5)15-12-27(25)28(30)13-16-32(29,33)4/h6-7,9-10,21-22,25,27-30,36H,2,8,11-20H2,1,3-5H3/q-1/t22?,25-,27+,28-,29-,30-,31-,32-,33-/m1/s1. The zero-order valence-corrected chi connectivity index (χ0v) is 27.4. The third-order valence-corrected chi connectivity index (χ3v) is 15.3. The van der Waals surface area contributed by atoms with Gasteiger partial charge < -0.3 is 0 Å². The van der Waals surface area contributed by atoms with Crippen LogP contribution in [0, 0.1) is 60.7 Å². The fourth-order valence-corrected chi connectivity index (χ4v) is 13.0. The van der Waals surface area contributed by atoms with E-state index in [-0.39, 0.29) is 10.8 Å². The molecule has 200 valence electrons. The van der Waals surface area contributed by atoms with E-state index in [1.54, 1.807) is 0 Å². The molecule has 0 aromatic heterocycles. The van der Waals surface area contributed by atoms with Crippen molar-refractivity contribution >= 4 is 28.8 Å². The summed E-state index contributed by atoms with van der Waals surface area (Å²) in [7, 11) is 0. The summed E-state index contributed by atoms with van der Waals surface area (Å²) in [5.74, 6) is 4.58. The van der Waals surface area contributed by atoms with Crippen molar-refractivity contribution in [2.45, 2.75) is 85.0 Å². The fraction of sp³-hybridized carbons (Fsp3) is 0.727. The molecular weight excluding hydrogens is 664 g/mol. The molecule has 0 bridgehead atoms. The molecule has 0 saturated heterocycles. The van der Waals surface area contributed by atoms with Crippen LogP contribution < -0.4 is 21.2 Å². The van der Waals surface area contributed by atoms with Crippen molar-refractivity contribution in [2.24, 2.45) is 51.8 Å². The average Bonchev–Trinajstić information content (AvgIpc) is 3.17. The Balaban J connectivity index is 1.34. The van der Waals surface area contributed by atoms with Gasteiger partial charge in [-0.05, 0) is 46.7 Å². The first-order valence-corrected chi connectivity index (χ1v) is 19.3.